The lowest BCUT2D eigenvalue weighted by Gasteiger charge is -2.30. The van der Waals surface area contributed by atoms with E-state index in [1.165, 1.54) is 55.7 Å². The number of nitrogens with zero attached hydrogens (tertiary/aromatic N) is 2. The second kappa shape index (κ2) is 9.35. The number of methoxy groups -OCH3 is 1. The number of ether oxygens (including phenoxy) is 1. The Morgan fingerprint density at radius 2 is 1.89 bits per heavy atom. The van der Waals surface area contributed by atoms with Gasteiger partial charge >= 0.3 is 6.18 Å². The smallest absolute Gasteiger partial charge is 0.422 e. The molecule has 0 aliphatic rings. The van der Waals surface area contributed by atoms with Gasteiger partial charge in [-0.3, -0.25) is 4.79 Å². The van der Waals surface area contributed by atoms with Crippen molar-refractivity contribution in [3.05, 3.63) is 76.7 Å². The van der Waals surface area contributed by atoms with Crippen molar-refractivity contribution in [1.82, 2.24) is 9.97 Å². The molecule has 0 saturated carbocycles. The van der Waals surface area contributed by atoms with E-state index in [0.717, 1.165) is 10.8 Å². The second-order valence-electron chi connectivity index (χ2n) is 8.03. The molecule has 2 heterocycles. The molecule has 0 spiro atoms. The van der Waals surface area contributed by atoms with Crippen molar-refractivity contribution < 1.29 is 32.2 Å². The fourth-order valence-corrected chi connectivity index (χ4v) is 4.44. The number of aromatic nitrogens is 2. The Hall–Kier alpha value is -3.37. The summed E-state index contributed by atoms with van der Waals surface area (Å²) < 4.78 is 62.2. The fraction of sp³-hybridized carbons (Fsp3) is 0.240. The third-order valence-corrected chi connectivity index (χ3v) is 6.56. The Morgan fingerprint density at radius 3 is 2.57 bits per heavy atom. The number of carbonyl (C=O) groups excluding carboxylic acids is 1. The molecule has 35 heavy (non-hydrogen) atoms. The Kier molecular flexibility index (Phi) is 6.61. The van der Waals surface area contributed by atoms with Gasteiger partial charge in [-0.25, -0.2) is 14.4 Å². The molecule has 4 rings (SSSR count). The van der Waals surface area contributed by atoms with Crippen LogP contribution >= 0.6 is 11.3 Å². The van der Waals surface area contributed by atoms with E-state index >= 15 is 0 Å². The SMILES string of the molecule is COc1ccc(C(O)(CCC(=O)c2ccc3ncsc3c2)C(F)(F)F)nc1-c1ccc(F)c(C)c1. The van der Waals surface area contributed by atoms with Crippen molar-refractivity contribution in [3.8, 4) is 17.0 Å². The van der Waals surface area contributed by atoms with Crippen molar-refractivity contribution in [2.45, 2.75) is 31.5 Å². The summed E-state index contributed by atoms with van der Waals surface area (Å²) in [6, 6.07) is 10.9. The summed E-state index contributed by atoms with van der Waals surface area (Å²) in [7, 11) is 1.32. The van der Waals surface area contributed by atoms with Crippen LogP contribution in [0.15, 0.2) is 54.0 Å². The topological polar surface area (TPSA) is 72.3 Å². The first kappa shape index (κ1) is 24.7. The molecule has 5 nitrogen and oxygen atoms in total. The number of ketones is 1. The predicted molar refractivity (Wildman–Crippen MR) is 124 cm³/mol. The lowest BCUT2D eigenvalue weighted by Crippen LogP contribution is -2.43. The number of pyridine rings is 1. The first-order valence-corrected chi connectivity index (χ1v) is 11.4. The third kappa shape index (κ3) is 4.76. The van der Waals surface area contributed by atoms with Gasteiger partial charge in [0.1, 0.15) is 17.3 Å². The summed E-state index contributed by atoms with van der Waals surface area (Å²) in [4.78, 5) is 20.9. The number of aryl methyl sites for hydroxylation is 1. The average molecular weight is 505 g/mol. The van der Waals surface area contributed by atoms with Crippen molar-refractivity contribution in [3.63, 3.8) is 0 Å². The highest BCUT2D eigenvalue weighted by Crippen LogP contribution is 2.43. The number of benzene rings is 2. The molecular formula is C25H20F4N2O3S. The Morgan fingerprint density at radius 1 is 1.11 bits per heavy atom. The van der Waals surface area contributed by atoms with Crippen LogP contribution in [0.3, 0.4) is 0 Å². The first-order valence-electron chi connectivity index (χ1n) is 10.5. The quantitative estimate of drug-likeness (QED) is 0.239. The van der Waals surface area contributed by atoms with Crippen LogP contribution < -0.4 is 4.74 Å². The molecule has 10 heteroatoms. The van der Waals surface area contributed by atoms with Crippen LogP contribution in [0.1, 0.15) is 34.5 Å². The van der Waals surface area contributed by atoms with Crippen molar-refractivity contribution in [2.24, 2.45) is 0 Å². The van der Waals surface area contributed by atoms with E-state index in [4.69, 9.17) is 4.74 Å². The first-order chi connectivity index (χ1) is 16.5. The zero-order valence-corrected chi connectivity index (χ0v) is 19.5. The molecule has 182 valence electrons. The van der Waals surface area contributed by atoms with Gasteiger partial charge < -0.3 is 9.84 Å². The van der Waals surface area contributed by atoms with E-state index in [1.54, 1.807) is 17.6 Å². The highest BCUT2D eigenvalue weighted by atomic mass is 32.1. The standard InChI is InChI=1S/C25H20F4N2O3S/c1-14-11-16(3-5-17(14)26)23-20(34-2)7-8-22(31-23)24(33,25(27,28)29)10-9-19(32)15-4-6-18-21(12-15)35-13-30-18/h3-8,11-13,33H,9-10H2,1-2H3. The minimum absolute atomic E-state index is 0.0118. The van der Waals surface area contributed by atoms with E-state index in [0.29, 0.717) is 11.1 Å². The number of carbonyl (C=O) groups is 1. The zero-order valence-electron chi connectivity index (χ0n) is 18.7. The molecular weight excluding hydrogens is 484 g/mol. The van der Waals surface area contributed by atoms with E-state index in [1.807, 2.05) is 0 Å². The summed E-state index contributed by atoms with van der Waals surface area (Å²) in [6.45, 7) is 1.51. The normalized spacial score (nSPS) is 13.6. The van der Waals surface area contributed by atoms with E-state index in [2.05, 4.69) is 9.97 Å². The van der Waals surface area contributed by atoms with Crippen LogP contribution in [0.4, 0.5) is 17.6 Å². The lowest BCUT2D eigenvalue weighted by molar-refractivity contribution is -0.270. The van der Waals surface area contributed by atoms with Crippen LogP contribution in [-0.2, 0) is 5.60 Å². The van der Waals surface area contributed by atoms with Gasteiger partial charge in [-0.15, -0.1) is 11.3 Å². The van der Waals surface area contributed by atoms with Crippen molar-refractivity contribution in [1.29, 1.82) is 0 Å². The van der Waals surface area contributed by atoms with Gasteiger partial charge in [-0.1, -0.05) is 0 Å². The van der Waals surface area contributed by atoms with Crippen LogP contribution in [0.25, 0.3) is 21.5 Å². The van der Waals surface area contributed by atoms with Crippen LogP contribution in [0, 0.1) is 12.7 Å². The van der Waals surface area contributed by atoms with Gasteiger partial charge in [0.2, 0.25) is 5.60 Å². The third-order valence-electron chi connectivity index (χ3n) is 5.77. The number of hydrogen-bond donors (Lipinski definition) is 1. The maximum absolute atomic E-state index is 14.2. The summed E-state index contributed by atoms with van der Waals surface area (Å²) >= 11 is 1.31. The zero-order chi connectivity index (χ0) is 25.4. The van der Waals surface area contributed by atoms with Gasteiger partial charge in [0.15, 0.2) is 5.78 Å². The molecule has 0 radical (unpaired) electrons. The average Bonchev–Trinajstić information content (AvgIpc) is 3.31. The number of fused-ring (bicyclic) bond motifs is 1. The lowest BCUT2D eigenvalue weighted by atomic mass is 9.89. The number of aliphatic hydroxyl groups is 1. The maximum atomic E-state index is 14.2. The van der Waals surface area contributed by atoms with E-state index < -0.39 is 41.9 Å². The molecule has 2 aromatic carbocycles. The highest BCUT2D eigenvalue weighted by molar-refractivity contribution is 7.16. The molecule has 0 aliphatic heterocycles. The van der Waals surface area contributed by atoms with Gasteiger partial charge in [-0.2, -0.15) is 13.2 Å². The Balaban J connectivity index is 1.69. The van der Waals surface area contributed by atoms with Crippen LogP contribution in [0.2, 0.25) is 0 Å². The summed E-state index contributed by atoms with van der Waals surface area (Å²) in [5.74, 6) is -0.880. The number of halogens is 4. The molecule has 1 unspecified atom stereocenters. The maximum Gasteiger partial charge on any atom is 0.422 e. The van der Waals surface area contributed by atoms with Gasteiger partial charge in [-0.05, 0) is 67.4 Å². The summed E-state index contributed by atoms with van der Waals surface area (Å²) in [5.41, 5.74) is -0.955. The molecule has 1 atom stereocenters. The largest absolute Gasteiger partial charge is 0.494 e. The van der Waals surface area contributed by atoms with Crippen molar-refractivity contribution >= 4 is 27.3 Å². The molecule has 0 bridgehead atoms. The Labute approximate surface area is 202 Å². The van der Waals surface area contributed by atoms with Crippen LogP contribution in [-0.4, -0.2) is 34.1 Å². The summed E-state index contributed by atoms with van der Waals surface area (Å²) in [5, 5.41) is 10.8. The Bertz CT molecular complexity index is 1400. The molecule has 0 aliphatic carbocycles. The monoisotopic (exact) mass is 504 g/mol. The number of Topliss-reactive ketones (excluding diaryl/α,β-unsaturated/α-hetero) is 1. The highest BCUT2D eigenvalue weighted by Gasteiger charge is 2.56. The molecule has 0 fully saturated rings. The minimum atomic E-state index is -5.12. The van der Waals surface area contributed by atoms with E-state index in [9.17, 15) is 27.5 Å². The number of alkyl halides is 3. The molecule has 2 aromatic heterocycles. The predicted octanol–water partition coefficient (Wildman–Crippen LogP) is 6.23. The minimum Gasteiger partial charge on any atom is -0.494 e. The number of rotatable bonds is 7. The van der Waals surface area contributed by atoms with E-state index in [-0.39, 0.29) is 22.6 Å². The fourth-order valence-electron chi connectivity index (χ4n) is 3.72. The second-order valence-corrected chi connectivity index (χ2v) is 8.91. The van der Waals surface area contributed by atoms with Gasteiger partial charge in [0, 0.05) is 17.5 Å². The van der Waals surface area contributed by atoms with Crippen LogP contribution in [0.5, 0.6) is 5.75 Å². The number of thiazole rings is 1. The van der Waals surface area contributed by atoms with Gasteiger partial charge in [0.25, 0.3) is 0 Å². The number of hydrogen-bond acceptors (Lipinski definition) is 6. The molecule has 4 aromatic rings. The van der Waals surface area contributed by atoms with Gasteiger partial charge in [0.05, 0.1) is 28.5 Å². The molecule has 0 saturated heterocycles. The summed E-state index contributed by atoms with van der Waals surface area (Å²) in [6.07, 6.45) is -6.62. The van der Waals surface area contributed by atoms with Crippen molar-refractivity contribution in [2.75, 3.05) is 7.11 Å². The molecule has 0 amide bonds. The molecule has 1 N–H and O–H groups in total.